The maximum atomic E-state index is 11.8. The summed E-state index contributed by atoms with van der Waals surface area (Å²) in [5, 5.41) is 8.78. The number of benzene rings is 1. The van der Waals surface area contributed by atoms with Gasteiger partial charge in [-0.2, -0.15) is 0 Å². The van der Waals surface area contributed by atoms with Crippen LogP contribution in [0.4, 0.5) is 4.79 Å². The lowest BCUT2D eigenvalue weighted by Crippen LogP contribution is -2.33. The highest BCUT2D eigenvalue weighted by atomic mass is 16.6. The van der Waals surface area contributed by atoms with Gasteiger partial charge in [0.2, 0.25) is 0 Å². The van der Waals surface area contributed by atoms with Gasteiger partial charge in [0, 0.05) is 18.7 Å². The summed E-state index contributed by atoms with van der Waals surface area (Å²) in [7, 11) is 0. The number of hydrogen-bond donors (Lipinski definition) is 1. The number of para-hydroxylation sites is 1. The van der Waals surface area contributed by atoms with E-state index in [9.17, 15) is 9.59 Å². The van der Waals surface area contributed by atoms with E-state index < -0.39 is 12.1 Å². The maximum absolute atomic E-state index is 11.8. The van der Waals surface area contributed by atoms with Gasteiger partial charge in [-0.25, -0.2) is 4.79 Å². The van der Waals surface area contributed by atoms with Crippen LogP contribution in [0.1, 0.15) is 19.4 Å². The highest BCUT2D eigenvalue weighted by molar-refractivity contribution is 5.74. The van der Waals surface area contributed by atoms with Crippen molar-refractivity contribution in [1.82, 2.24) is 4.90 Å². The van der Waals surface area contributed by atoms with E-state index in [0.717, 1.165) is 0 Å². The summed E-state index contributed by atoms with van der Waals surface area (Å²) < 4.78 is 5.21. The highest BCUT2D eigenvalue weighted by Gasteiger charge is 2.15. The van der Waals surface area contributed by atoms with Crippen LogP contribution in [0, 0.1) is 0 Å². The number of carbonyl (C=O) groups excluding carboxylic acids is 1. The summed E-state index contributed by atoms with van der Waals surface area (Å²) in [6.07, 6.45) is -0.625. The van der Waals surface area contributed by atoms with Crippen LogP contribution in [0.5, 0.6) is 5.75 Å². The Hall–Kier alpha value is -2.04. The predicted octanol–water partition coefficient (Wildman–Crippen LogP) is 2.15. The molecule has 1 amide bonds. The fourth-order valence-electron chi connectivity index (χ4n) is 1.55. The Kier molecular flexibility index (Phi) is 5.17. The molecule has 18 heavy (non-hydrogen) atoms. The minimum atomic E-state index is -0.957. The Morgan fingerprint density at radius 1 is 1.22 bits per heavy atom. The summed E-state index contributed by atoms with van der Waals surface area (Å²) in [6.45, 7) is 4.81. The molecule has 5 nitrogen and oxygen atoms in total. The van der Waals surface area contributed by atoms with Crippen molar-refractivity contribution < 1.29 is 19.4 Å². The molecule has 0 heterocycles. The third-order valence-corrected chi connectivity index (χ3v) is 2.53. The highest BCUT2D eigenvalue weighted by Crippen LogP contribution is 2.19. The molecule has 1 aromatic carbocycles. The Morgan fingerprint density at radius 3 is 2.39 bits per heavy atom. The van der Waals surface area contributed by atoms with E-state index in [4.69, 9.17) is 9.84 Å². The van der Waals surface area contributed by atoms with Crippen molar-refractivity contribution in [3.63, 3.8) is 0 Å². The Morgan fingerprint density at radius 2 is 1.83 bits per heavy atom. The minimum absolute atomic E-state index is 0.165. The van der Waals surface area contributed by atoms with Crippen LogP contribution in [-0.4, -0.2) is 35.2 Å². The van der Waals surface area contributed by atoms with Crippen molar-refractivity contribution >= 4 is 12.1 Å². The second-order valence-corrected chi connectivity index (χ2v) is 3.72. The predicted molar refractivity (Wildman–Crippen MR) is 66.7 cm³/mol. The number of aliphatic carboxylic acids is 1. The van der Waals surface area contributed by atoms with Crippen molar-refractivity contribution in [2.24, 2.45) is 0 Å². The summed E-state index contributed by atoms with van der Waals surface area (Å²) in [6, 6.07) is 6.65. The lowest BCUT2D eigenvalue weighted by molar-refractivity contribution is -0.136. The number of carboxylic acid groups (broad SMARTS) is 1. The summed E-state index contributed by atoms with van der Waals surface area (Å²) in [5.74, 6) is -0.655. The minimum Gasteiger partial charge on any atom is -0.481 e. The van der Waals surface area contributed by atoms with Gasteiger partial charge in [-0.05, 0) is 19.9 Å². The second-order valence-electron chi connectivity index (χ2n) is 3.72. The van der Waals surface area contributed by atoms with Gasteiger partial charge in [0.15, 0.2) is 0 Å². The van der Waals surface area contributed by atoms with Crippen LogP contribution in [-0.2, 0) is 11.2 Å². The van der Waals surface area contributed by atoms with Crippen LogP contribution in [0.15, 0.2) is 24.3 Å². The Bertz CT molecular complexity index is 427. The molecule has 0 aromatic heterocycles. The Labute approximate surface area is 106 Å². The molecule has 0 fully saturated rings. The molecular weight excluding hydrogens is 234 g/mol. The zero-order valence-corrected chi connectivity index (χ0v) is 10.5. The SMILES string of the molecule is CCN(CC)C(=O)Oc1ccccc1CC(=O)O. The number of ether oxygens (including phenoxy) is 1. The fourth-order valence-corrected chi connectivity index (χ4v) is 1.55. The average molecular weight is 251 g/mol. The lowest BCUT2D eigenvalue weighted by Gasteiger charge is -2.18. The normalized spacial score (nSPS) is 9.89. The van der Waals surface area contributed by atoms with Crippen LogP contribution in [0.2, 0.25) is 0 Å². The summed E-state index contributed by atoms with van der Waals surface area (Å²) >= 11 is 0. The molecule has 0 radical (unpaired) electrons. The van der Waals surface area contributed by atoms with E-state index in [0.29, 0.717) is 24.4 Å². The first-order chi connectivity index (χ1) is 8.58. The number of carbonyl (C=O) groups is 2. The first-order valence-electron chi connectivity index (χ1n) is 5.84. The van der Waals surface area contributed by atoms with Crippen molar-refractivity contribution in [1.29, 1.82) is 0 Å². The molecule has 0 aliphatic carbocycles. The average Bonchev–Trinajstić information content (AvgIpc) is 2.32. The van der Waals surface area contributed by atoms with Gasteiger partial charge in [-0.15, -0.1) is 0 Å². The number of amides is 1. The molecule has 0 saturated carbocycles. The molecule has 0 saturated heterocycles. The molecule has 1 aromatic rings. The number of nitrogens with zero attached hydrogens (tertiary/aromatic N) is 1. The smallest absolute Gasteiger partial charge is 0.415 e. The second kappa shape index (κ2) is 6.64. The van der Waals surface area contributed by atoms with E-state index in [1.165, 1.54) is 4.90 Å². The van der Waals surface area contributed by atoms with Gasteiger partial charge in [0.25, 0.3) is 0 Å². The van der Waals surface area contributed by atoms with Gasteiger partial charge in [-0.3, -0.25) is 4.79 Å². The summed E-state index contributed by atoms with van der Waals surface area (Å²) in [4.78, 5) is 24.0. The first-order valence-corrected chi connectivity index (χ1v) is 5.84. The summed E-state index contributed by atoms with van der Waals surface area (Å²) in [5.41, 5.74) is 0.491. The van der Waals surface area contributed by atoms with Crippen LogP contribution in [0.25, 0.3) is 0 Å². The molecular formula is C13H17NO4. The van der Waals surface area contributed by atoms with Crippen molar-refractivity contribution in [3.8, 4) is 5.75 Å². The Balaban J connectivity index is 2.83. The number of hydrogen-bond acceptors (Lipinski definition) is 3. The van der Waals surface area contributed by atoms with E-state index in [1.807, 2.05) is 13.8 Å². The van der Waals surface area contributed by atoms with Crippen LogP contribution < -0.4 is 4.74 Å². The first kappa shape index (κ1) is 14.0. The molecule has 0 unspecified atom stereocenters. The molecule has 1 N–H and O–H groups in total. The van der Waals surface area contributed by atoms with Crippen molar-refractivity contribution in [2.45, 2.75) is 20.3 Å². The van der Waals surface area contributed by atoms with Gasteiger partial charge in [0.05, 0.1) is 6.42 Å². The van der Waals surface area contributed by atoms with Crippen LogP contribution in [0.3, 0.4) is 0 Å². The largest absolute Gasteiger partial charge is 0.481 e. The van der Waals surface area contributed by atoms with E-state index >= 15 is 0 Å². The van der Waals surface area contributed by atoms with Gasteiger partial charge in [0.1, 0.15) is 5.75 Å². The zero-order chi connectivity index (χ0) is 13.5. The monoisotopic (exact) mass is 251 g/mol. The topological polar surface area (TPSA) is 66.8 Å². The lowest BCUT2D eigenvalue weighted by atomic mass is 10.1. The third-order valence-electron chi connectivity index (χ3n) is 2.53. The fraction of sp³-hybridized carbons (Fsp3) is 0.385. The van der Waals surface area contributed by atoms with E-state index in [2.05, 4.69) is 0 Å². The van der Waals surface area contributed by atoms with Crippen molar-refractivity contribution in [2.75, 3.05) is 13.1 Å². The number of rotatable bonds is 5. The van der Waals surface area contributed by atoms with Gasteiger partial charge < -0.3 is 14.7 Å². The molecule has 1 rings (SSSR count). The van der Waals surface area contributed by atoms with Crippen LogP contribution >= 0.6 is 0 Å². The number of carboxylic acids is 1. The molecule has 0 atom stereocenters. The van der Waals surface area contributed by atoms with Crippen molar-refractivity contribution in [3.05, 3.63) is 29.8 Å². The quantitative estimate of drug-likeness (QED) is 0.870. The molecule has 5 heteroatoms. The molecule has 98 valence electrons. The molecule has 0 spiro atoms. The molecule has 0 aliphatic heterocycles. The maximum Gasteiger partial charge on any atom is 0.415 e. The molecule has 0 aliphatic rings. The van der Waals surface area contributed by atoms with Gasteiger partial charge >= 0.3 is 12.1 Å². The zero-order valence-electron chi connectivity index (χ0n) is 10.5. The van der Waals surface area contributed by atoms with Gasteiger partial charge in [-0.1, -0.05) is 18.2 Å². The standard InChI is InChI=1S/C13H17NO4/c1-3-14(4-2)13(17)18-11-8-6-5-7-10(11)9-12(15)16/h5-8H,3-4,9H2,1-2H3,(H,15,16). The van der Waals surface area contributed by atoms with E-state index in [-0.39, 0.29) is 6.42 Å². The third kappa shape index (κ3) is 3.76. The van der Waals surface area contributed by atoms with E-state index in [1.54, 1.807) is 24.3 Å². The molecule has 0 bridgehead atoms.